The van der Waals surface area contributed by atoms with Crippen LogP contribution in [0.1, 0.15) is 25.3 Å². The molecule has 2 aliphatic rings. The van der Waals surface area contributed by atoms with Crippen LogP contribution in [-0.4, -0.2) is 18.5 Å². The van der Waals surface area contributed by atoms with Crippen LogP contribution >= 0.6 is 15.9 Å². The number of hydrogen-bond acceptors (Lipinski definition) is 4. The quantitative estimate of drug-likeness (QED) is 0.795. The number of ether oxygens (including phenoxy) is 2. The van der Waals surface area contributed by atoms with E-state index in [4.69, 9.17) is 9.47 Å². The summed E-state index contributed by atoms with van der Waals surface area (Å²) in [6.07, 6.45) is 1.30. The van der Waals surface area contributed by atoms with Crippen molar-refractivity contribution in [1.29, 1.82) is 0 Å². The van der Waals surface area contributed by atoms with E-state index >= 15 is 0 Å². The molecule has 0 N–H and O–H groups in total. The SMILES string of the molecule is CCOC(=O)[C@@H]1CC[C@H]2C(=O)O[C@@]12c1cccc(Br)c1. The number of benzene rings is 1. The van der Waals surface area contributed by atoms with E-state index in [0.29, 0.717) is 19.4 Å². The lowest BCUT2D eigenvalue weighted by Gasteiger charge is -2.46. The normalized spacial score (nSPS) is 31.2. The average molecular weight is 339 g/mol. The molecule has 2 fully saturated rings. The van der Waals surface area contributed by atoms with Crippen LogP contribution in [0.3, 0.4) is 0 Å². The topological polar surface area (TPSA) is 52.6 Å². The Morgan fingerprint density at radius 2 is 2.30 bits per heavy atom. The summed E-state index contributed by atoms with van der Waals surface area (Å²) >= 11 is 3.42. The Morgan fingerprint density at radius 3 is 2.95 bits per heavy atom. The number of esters is 2. The van der Waals surface area contributed by atoms with Gasteiger partial charge in [0.2, 0.25) is 0 Å². The number of hydrogen-bond donors (Lipinski definition) is 0. The highest BCUT2D eigenvalue weighted by molar-refractivity contribution is 9.10. The number of halogens is 1. The second-order valence-corrected chi connectivity index (χ2v) is 6.07. The molecule has 4 nitrogen and oxygen atoms in total. The first kappa shape index (κ1) is 13.6. The Bertz CT molecular complexity index is 571. The van der Waals surface area contributed by atoms with E-state index < -0.39 is 11.5 Å². The number of fused-ring (bicyclic) bond motifs is 1. The van der Waals surface area contributed by atoms with Crippen LogP contribution in [0, 0.1) is 11.8 Å². The molecule has 0 amide bonds. The Hall–Kier alpha value is -1.36. The molecule has 106 valence electrons. The van der Waals surface area contributed by atoms with Gasteiger partial charge in [-0.05, 0) is 37.5 Å². The molecule has 3 rings (SSSR count). The fourth-order valence-electron chi connectivity index (χ4n) is 3.35. The van der Waals surface area contributed by atoms with E-state index in [1.54, 1.807) is 6.92 Å². The van der Waals surface area contributed by atoms with Crippen molar-refractivity contribution in [3.63, 3.8) is 0 Å². The summed E-state index contributed by atoms with van der Waals surface area (Å²) in [6.45, 7) is 2.12. The van der Waals surface area contributed by atoms with Gasteiger partial charge in [0.1, 0.15) is 11.8 Å². The lowest BCUT2D eigenvalue weighted by atomic mass is 9.74. The van der Waals surface area contributed by atoms with Gasteiger partial charge in [-0.2, -0.15) is 0 Å². The smallest absolute Gasteiger partial charge is 0.314 e. The third kappa shape index (κ3) is 1.79. The Kier molecular flexibility index (Phi) is 3.32. The zero-order valence-corrected chi connectivity index (χ0v) is 12.7. The van der Waals surface area contributed by atoms with E-state index in [0.717, 1.165) is 10.0 Å². The zero-order valence-electron chi connectivity index (χ0n) is 11.1. The molecule has 1 aromatic carbocycles. The molecule has 20 heavy (non-hydrogen) atoms. The lowest BCUT2D eigenvalue weighted by molar-refractivity contribution is -0.221. The molecule has 1 aromatic rings. The Balaban J connectivity index is 2.01. The predicted molar refractivity (Wildman–Crippen MR) is 74.8 cm³/mol. The second kappa shape index (κ2) is 4.88. The molecule has 0 unspecified atom stereocenters. The largest absolute Gasteiger partial charge is 0.466 e. The van der Waals surface area contributed by atoms with Crippen molar-refractivity contribution in [2.75, 3.05) is 6.61 Å². The summed E-state index contributed by atoms with van der Waals surface area (Å²) in [5.74, 6) is -1.12. The highest BCUT2D eigenvalue weighted by atomic mass is 79.9. The third-order valence-electron chi connectivity index (χ3n) is 4.18. The maximum Gasteiger partial charge on any atom is 0.314 e. The van der Waals surface area contributed by atoms with Crippen molar-refractivity contribution in [3.05, 3.63) is 34.3 Å². The molecular weight excluding hydrogens is 324 g/mol. The van der Waals surface area contributed by atoms with Crippen LogP contribution in [0.15, 0.2) is 28.7 Å². The number of rotatable bonds is 3. The maximum atomic E-state index is 12.2. The zero-order chi connectivity index (χ0) is 14.3. The molecular formula is C15H15BrO4. The summed E-state index contributed by atoms with van der Waals surface area (Å²) in [4.78, 5) is 23.9. The van der Waals surface area contributed by atoms with Gasteiger partial charge in [0.15, 0.2) is 5.60 Å². The molecule has 0 aromatic heterocycles. The van der Waals surface area contributed by atoms with Gasteiger partial charge in [0.25, 0.3) is 0 Å². The van der Waals surface area contributed by atoms with Gasteiger partial charge in [-0.1, -0.05) is 28.1 Å². The van der Waals surface area contributed by atoms with Crippen LogP contribution in [0.5, 0.6) is 0 Å². The van der Waals surface area contributed by atoms with Crippen molar-refractivity contribution in [3.8, 4) is 0 Å². The fraction of sp³-hybridized carbons (Fsp3) is 0.467. The van der Waals surface area contributed by atoms with Gasteiger partial charge in [-0.3, -0.25) is 9.59 Å². The van der Waals surface area contributed by atoms with Gasteiger partial charge >= 0.3 is 11.9 Å². The first-order chi connectivity index (χ1) is 9.59. The lowest BCUT2D eigenvalue weighted by Crippen LogP contribution is -2.56. The van der Waals surface area contributed by atoms with E-state index in [1.165, 1.54) is 0 Å². The standard InChI is InChI=1S/C15H15BrO4/c1-2-19-13(17)11-6-7-12-14(18)20-15(11,12)9-4-3-5-10(16)8-9/h3-5,8,11-12H,2,6-7H2,1H3/t11-,12-,15-/m0/s1. The number of carbonyl (C=O) groups is 2. The Labute approximate surface area is 125 Å². The molecule has 5 heteroatoms. The van der Waals surface area contributed by atoms with Crippen LogP contribution < -0.4 is 0 Å². The Morgan fingerprint density at radius 1 is 1.50 bits per heavy atom. The van der Waals surface area contributed by atoms with Gasteiger partial charge in [-0.15, -0.1) is 0 Å². The van der Waals surface area contributed by atoms with Crippen LogP contribution in [0.4, 0.5) is 0 Å². The van der Waals surface area contributed by atoms with E-state index in [9.17, 15) is 9.59 Å². The molecule has 0 spiro atoms. The van der Waals surface area contributed by atoms with Gasteiger partial charge < -0.3 is 9.47 Å². The minimum absolute atomic E-state index is 0.211. The first-order valence-electron chi connectivity index (χ1n) is 6.75. The van der Waals surface area contributed by atoms with E-state index in [-0.39, 0.29) is 17.9 Å². The van der Waals surface area contributed by atoms with Crippen molar-refractivity contribution in [2.45, 2.75) is 25.4 Å². The summed E-state index contributed by atoms with van der Waals surface area (Å²) < 4.78 is 11.6. The monoisotopic (exact) mass is 338 g/mol. The minimum Gasteiger partial charge on any atom is -0.466 e. The molecule has 0 radical (unpaired) electrons. The van der Waals surface area contributed by atoms with Gasteiger partial charge in [0.05, 0.1) is 6.61 Å². The van der Waals surface area contributed by atoms with Crippen molar-refractivity contribution >= 4 is 27.9 Å². The molecule has 1 heterocycles. The fourth-order valence-corrected chi connectivity index (χ4v) is 3.75. The van der Waals surface area contributed by atoms with E-state index in [2.05, 4.69) is 15.9 Å². The highest BCUT2D eigenvalue weighted by Gasteiger charge is 2.67. The molecule has 1 saturated heterocycles. The summed E-state index contributed by atoms with van der Waals surface area (Å²) in [6, 6.07) is 7.61. The molecule has 1 aliphatic heterocycles. The second-order valence-electron chi connectivity index (χ2n) is 5.16. The van der Waals surface area contributed by atoms with E-state index in [1.807, 2.05) is 24.3 Å². The first-order valence-corrected chi connectivity index (χ1v) is 7.54. The molecule has 3 atom stereocenters. The summed E-state index contributed by atoms with van der Waals surface area (Å²) in [5, 5.41) is 0. The summed E-state index contributed by atoms with van der Waals surface area (Å²) in [7, 11) is 0. The minimum atomic E-state index is -0.826. The molecule has 1 aliphatic carbocycles. The maximum absolute atomic E-state index is 12.2. The third-order valence-corrected chi connectivity index (χ3v) is 4.67. The van der Waals surface area contributed by atoms with Gasteiger partial charge in [0, 0.05) is 4.47 Å². The number of carbonyl (C=O) groups excluding carboxylic acids is 2. The van der Waals surface area contributed by atoms with Crippen molar-refractivity contribution in [2.24, 2.45) is 11.8 Å². The van der Waals surface area contributed by atoms with Crippen LogP contribution in [0.2, 0.25) is 0 Å². The van der Waals surface area contributed by atoms with Gasteiger partial charge in [-0.25, -0.2) is 0 Å². The highest BCUT2D eigenvalue weighted by Crippen LogP contribution is 2.58. The average Bonchev–Trinajstić information content (AvgIpc) is 2.72. The van der Waals surface area contributed by atoms with Crippen LogP contribution in [0.25, 0.3) is 0 Å². The molecule has 1 saturated carbocycles. The predicted octanol–water partition coefficient (Wildman–Crippen LogP) is 2.79. The summed E-state index contributed by atoms with van der Waals surface area (Å²) in [5.41, 5.74) is 0.0413. The van der Waals surface area contributed by atoms with Crippen molar-refractivity contribution in [1.82, 2.24) is 0 Å². The van der Waals surface area contributed by atoms with Crippen LogP contribution in [-0.2, 0) is 24.7 Å². The van der Waals surface area contributed by atoms with Crippen molar-refractivity contribution < 1.29 is 19.1 Å². The molecule has 0 bridgehead atoms.